The molecule has 0 aliphatic carbocycles. The van der Waals surface area contributed by atoms with E-state index in [4.69, 9.17) is 0 Å². The van der Waals surface area contributed by atoms with Crippen LogP contribution in [0.5, 0.6) is 0 Å². The van der Waals surface area contributed by atoms with Crippen LogP contribution in [0.25, 0.3) is 0 Å². The zero-order valence-electron chi connectivity index (χ0n) is 10.2. The van der Waals surface area contributed by atoms with Gasteiger partial charge in [0.15, 0.2) is 0 Å². The van der Waals surface area contributed by atoms with Gasteiger partial charge in [0.25, 0.3) is 0 Å². The Morgan fingerprint density at radius 3 is 2.05 bits per heavy atom. The van der Waals surface area contributed by atoms with Crippen LogP contribution in [0.1, 0.15) is 10.4 Å². The first-order valence-electron chi connectivity index (χ1n) is 5.79. The Kier molecular flexibility index (Phi) is 4.85. The fourth-order valence-electron chi connectivity index (χ4n) is 1.53. The van der Waals surface area contributed by atoms with E-state index in [9.17, 15) is 9.59 Å². The van der Waals surface area contributed by atoms with Gasteiger partial charge in [0.2, 0.25) is 0 Å². The first-order valence-corrected chi connectivity index (χ1v) is 7.50. The normalized spacial score (nSPS) is 11.1. The number of carbonyl (C=O) groups excluding carboxylic acids is 2. The molecule has 2 aromatic carbocycles. The van der Waals surface area contributed by atoms with Gasteiger partial charge in [0.05, 0.1) is 0 Å². The molecule has 0 saturated carbocycles. The number of aldehydes is 1. The van der Waals surface area contributed by atoms with Crippen LogP contribution in [0.15, 0.2) is 71.2 Å². The zero-order valence-corrected chi connectivity index (χ0v) is 11.9. The summed E-state index contributed by atoms with van der Waals surface area (Å²) < 4.78 is 1.63. The molecule has 0 N–H and O–H groups in total. The zero-order chi connectivity index (χ0) is 13.5. The Labute approximate surface area is 118 Å². The molecule has 0 spiro atoms. The molecule has 19 heavy (non-hydrogen) atoms. The third-order valence-corrected chi connectivity index (χ3v) is 4.44. The van der Waals surface area contributed by atoms with E-state index < -0.39 is 0 Å². The van der Waals surface area contributed by atoms with E-state index >= 15 is 0 Å². The molecule has 2 aromatic rings. The van der Waals surface area contributed by atoms with Crippen LogP contribution in [0.2, 0.25) is 0 Å². The molecule has 3 heteroatoms. The Balaban J connectivity index is 2.16. The molecule has 2 nitrogen and oxygen atoms in total. The van der Waals surface area contributed by atoms with Crippen LogP contribution >= 0.6 is 0 Å². The van der Waals surface area contributed by atoms with Gasteiger partial charge in [0, 0.05) is 0 Å². The summed E-state index contributed by atoms with van der Waals surface area (Å²) in [6, 6.07) is 18.7. The number of allylic oxidation sites excluding steroid dienone is 2. The van der Waals surface area contributed by atoms with E-state index in [1.807, 2.05) is 48.5 Å². The Bertz CT molecular complexity index is 589. The average Bonchev–Trinajstić information content (AvgIpc) is 2.48. The summed E-state index contributed by atoms with van der Waals surface area (Å²) in [6.07, 6.45) is 2.21. The van der Waals surface area contributed by atoms with E-state index in [0.717, 1.165) is 10.7 Å². The van der Waals surface area contributed by atoms with E-state index in [1.54, 1.807) is 12.1 Å². The summed E-state index contributed by atoms with van der Waals surface area (Å²) in [5.74, 6) is -0.125. The van der Waals surface area contributed by atoms with Gasteiger partial charge in [-0.3, -0.25) is 0 Å². The van der Waals surface area contributed by atoms with Crippen molar-refractivity contribution in [1.82, 2.24) is 0 Å². The van der Waals surface area contributed by atoms with Crippen molar-refractivity contribution in [2.24, 2.45) is 0 Å². The Morgan fingerprint density at radius 2 is 1.47 bits per heavy atom. The number of ketones is 1. The van der Waals surface area contributed by atoms with Crippen LogP contribution in [-0.4, -0.2) is 27.0 Å². The molecule has 0 fully saturated rings. The molecule has 0 aliphatic rings. The molecule has 0 aliphatic heterocycles. The second kappa shape index (κ2) is 6.83. The van der Waals surface area contributed by atoms with Gasteiger partial charge < -0.3 is 0 Å². The number of rotatable bonds is 5. The minimum atomic E-state index is -0.131. The first kappa shape index (κ1) is 13.5. The van der Waals surface area contributed by atoms with Crippen LogP contribution in [0.3, 0.4) is 0 Å². The topological polar surface area (TPSA) is 34.1 Å². The molecule has 0 atom stereocenters. The fraction of sp³-hybridized carbons (Fsp3) is 0. The SMILES string of the molecule is O=C/C(=C\C(=O)c1ccccc1)[Se]c1ccccc1. The van der Waals surface area contributed by atoms with Gasteiger partial charge in [-0.05, 0) is 0 Å². The Morgan fingerprint density at radius 1 is 0.895 bits per heavy atom. The molecular formula is C16H12O2Se. The van der Waals surface area contributed by atoms with Crippen molar-refractivity contribution in [2.75, 3.05) is 0 Å². The molecule has 0 radical (unpaired) electrons. The summed E-state index contributed by atoms with van der Waals surface area (Å²) in [5.41, 5.74) is 0.603. The third-order valence-electron chi connectivity index (χ3n) is 2.43. The van der Waals surface area contributed by atoms with Gasteiger partial charge in [-0.25, -0.2) is 0 Å². The van der Waals surface area contributed by atoms with Gasteiger partial charge in [0.1, 0.15) is 0 Å². The summed E-state index contributed by atoms with van der Waals surface area (Å²) in [5, 5.41) is 0. The standard InChI is InChI=1S/C16H12O2Se/c17-12-15(19-14-9-5-2-6-10-14)11-16(18)13-7-3-1-4-8-13/h1-12H/b15-11+. The van der Waals surface area contributed by atoms with Crippen molar-refractivity contribution in [2.45, 2.75) is 0 Å². The molecule has 2 rings (SSSR count). The van der Waals surface area contributed by atoms with Crippen LogP contribution in [-0.2, 0) is 4.79 Å². The van der Waals surface area contributed by atoms with Crippen molar-refractivity contribution in [3.05, 3.63) is 76.8 Å². The maximum absolute atomic E-state index is 12.0. The second-order valence-electron chi connectivity index (χ2n) is 3.81. The second-order valence-corrected chi connectivity index (χ2v) is 6.22. The molecule has 0 amide bonds. The number of hydrogen-bond donors (Lipinski definition) is 0. The van der Waals surface area contributed by atoms with Crippen molar-refractivity contribution in [1.29, 1.82) is 0 Å². The molecule has 0 unspecified atom stereocenters. The number of hydrogen-bond acceptors (Lipinski definition) is 2. The monoisotopic (exact) mass is 316 g/mol. The third kappa shape index (κ3) is 4.02. The predicted octanol–water partition coefficient (Wildman–Crippen LogP) is 1.98. The average molecular weight is 315 g/mol. The van der Waals surface area contributed by atoms with Crippen LogP contribution in [0, 0.1) is 0 Å². The van der Waals surface area contributed by atoms with Crippen LogP contribution in [0.4, 0.5) is 0 Å². The molecule has 94 valence electrons. The van der Waals surface area contributed by atoms with E-state index in [-0.39, 0.29) is 20.7 Å². The number of carbonyl (C=O) groups is 2. The van der Waals surface area contributed by atoms with Crippen molar-refractivity contribution in [3.63, 3.8) is 0 Å². The summed E-state index contributed by atoms with van der Waals surface area (Å²) in [6.45, 7) is 0. The molecule has 0 bridgehead atoms. The Hall–Kier alpha value is -1.96. The van der Waals surface area contributed by atoms with E-state index in [0.29, 0.717) is 10.0 Å². The van der Waals surface area contributed by atoms with Gasteiger partial charge in [-0.2, -0.15) is 0 Å². The predicted molar refractivity (Wildman–Crippen MR) is 76.7 cm³/mol. The molecule has 0 aromatic heterocycles. The van der Waals surface area contributed by atoms with Crippen molar-refractivity contribution >= 4 is 31.5 Å². The number of benzene rings is 2. The molecule has 0 heterocycles. The van der Waals surface area contributed by atoms with Gasteiger partial charge in [-0.15, -0.1) is 0 Å². The molecular weight excluding hydrogens is 303 g/mol. The van der Waals surface area contributed by atoms with E-state index in [2.05, 4.69) is 0 Å². The summed E-state index contributed by atoms with van der Waals surface area (Å²) >= 11 is -0.131. The quantitative estimate of drug-likeness (QED) is 0.366. The van der Waals surface area contributed by atoms with Crippen LogP contribution < -0.4 is 4.46 Å². The summed E-state index contributed by atoms with van der Waals surface area (Å²) in [7, 11) is 0. The van der Waals surface area contributed by atoms with Gasteiger partial charge >= 0.3 is 118 Å². The first-order chi connectivity index (χ1) is 9.29. The maximum atomic E-state index is 12.0. The van der Waals surface area contributed by atoms with E-state index in [1.165, 1.54) is 6.08 Å². The van der Waals surface area contributed by atoms with Crippen molar-refractivity contribution < 1.29 is 9.59 Å². The minimum absolute atomic E-state index is 0.125. The van der Waals surface area contributed by atoms with Gasteiger partial charge in [-0.1, -0.05) is 0 Å². The summed E-state index contributed by atoms with van der Waals surface area (Å²) in [4.78, 5) is 23.1. The fourth-order valence-corrected chi connectivity index (χ4v) is 3.16. The molecule has 0 saturated heterocycles. The van der Waals surface area contributed by atoms with Crippen molar-refractivity contribution in [3.8, 4) is 0 Å².